The van der Waals surface area contributed by atoms with Crippen LogP contribution in [-0.2, 0) is 4.79 Å². The fourth-order valence-corrected chi connectivity index (χ4v) is 2.49. The molecule has 1 aromatic carbocycles. The quantitative estimate of drug-likeness (QED) is 0.845. The fourth-order valence-electron chi connectivity index (χ4n) is 2.49. The van der Waals surface area contributed by atoms with E-state index in [2.05, 4.69) is 4.90 Å². The number of aromatic hydroxyl groups is 2. The average molecular weight is 264 g/mol. The Morgan fingerprint density at radius 2 is 1.63 bits per heavy atom. The largest absolute Gasteiger partial charge is 0.508 e. The first-order chi connectivity index (χ1) is 8.97. The second-order valence-electron chi connectivity index (χ2n) is 5.00. The summed E-state index contributed by atoms with van der Waals surface area (Å²) in [4.78, 5) is 15.4. The van der Waals surface area contributed by atoms with Crippen molar-refractivity contribution < 1.29 is 15.0 Å². The van der Waals surface area contributed by atoms with Crippen LogP contribution < -0.4 is 0 Å². The van der Waals surface area contributed by atoms with Gasteiger partial charge in [-0.1, -0.05) is 0 Å². The molecule has 0 saturated carbocycles. The lowest BCUT2D eigenvalue weighted by atomic mass is 10.1. The molecule has 19 heavy (non-hydrogen) atoms. The van der Waals surface area contributed by atoms with Gasteiger partial charge < -0.3 is 15.1 Å². The summed E-state index contributed by atoms with van der Waals surface area (Å²) in [6.07, 6.45) is 0. The summed E-state index contributed by atoms with van der Waals surface area (Å²) in [5.74, 6) is 0.260. The van der Waals surface area contributed by atoms with Crippen LogP contribution in [0, 0.1) is 0 Å². The average Bonchev–Trinajstić information content (AvgIpc) is 2.37. The van der Waals surface area contributed by atoms with Gasteiger partial charge in [0.2, 0.25) is 5.91 Å². The summed E-state index contributed by atoms with van der Waals surface area (Å²) in [6, 6.07) is 4.76. The van der Waals surface area contributed by atoms with Gasteiger partial charge in [0.1, 0.15) is 11.5 Å². The van der Waals surface area contributed by atoms with Gasteiger partial charge in [-0.15, -0.1) is 0 Å². The topological polar surface area (TPSA) is 64.0 Å². The normalized spacial score (nSPS) is 18.3. The van der Waals surface area contributed by atoms with Crippen LogP contribution in [-0.4, -0.2) is 52.1 Å². The van der Waals surface area contributed by atoms with Crippen LogP contribution in [0.2, 0.25) is 0 Å². The van der Waals surface area contributed by atoms with Gasteiger partial charge in [-0.05, 0) is 24.6 Å². The molecule has 0 radical (unpaired) electrons. The number of benzene rings is 1. The van der Waals surface area contributed by atoms with Crippen LogP contribution in [0.5, 0.6) is 11.5 Å². The number of piperazine rings is 1. The van der Waals surface area contributed by atoms with E-state index in [1.807, 2.05) is 11.8 Å². The SMILES string of the molecule is CC(=O)N1CCN(C(C)c2cc(O)cc(O)c2)CC1. The lowest BCUT2D eigenvalue weighted by Crippen LogP contribution is -2.48. The van der Waals surface area contributed by atoms with Crippen LogP contribution in [0.4, 0.5) is 0 Å². The van der Waals surface area contributed by atoms with Crippen molar-refractivity contribution in [3.63, 3.8) is 0 Å². The molecule has 0 spiro atoms. The molecule has 0 bridgehead atoms. The zero-order chi connectivity index (χ0) is 14.0. The standard InChI is InChI=1S/C14H20N2O3/c1-10(12-7-13(18)9-14(19)8-12)15-3-5-16(6-4-15)11(2)17/h7-10,18-19H,3-6H2,1-2H3. The third-order valence-corrected chi connectivity index (χ3v) is 3.71. The van der Waals surface area contributed by atoms with Crippen molar-refractivity contribution in [2.75, 3.05) is 26.2 Å². The number of nitrogens with zero attached hydrogens (tertiary/aromatic N) is 2. The summed E-state index contributed by atoms with van der Waals surface area (Å²) < 4.78 is 0. The summed E-state index contributed by atoms with van der Waals surface area (Å²) >= 11 is 0. The molecule has 1 atom stereocenters. The van der Waals surface area contributed by atoms with E-state index in [1.165, 1.54) is 6.07 Å². The molecule has 1 aliphatic heterocycles. The summed E-state index contributed by atoms with van der Waals surface area (Å²) in [5, 5.41) is 19.0. The minimum absolute atomic E-state index is 0.0734. The number of phenolic OH excluding ortho intramolecular Hbond substituents is 2. The second kappa shape index (κ2) is 5.48. The Morgan fingerprint density at radius 1 is 1.11 bits per heavy atom. The maximum absolute atomic E-state index is 11.3. The molecule has 1 amide bonds. The van der Waals surface area contributed by atoms with Gasteiger partial charge in [-0.25, -0.2) is 0 Å². The predicted octanol–water partition coefficient (Wildman–Crippen LogP) is 1.32. The molecule has 1 aliphatic rings. The van der Waals surface area contributed by atoms with Crippen molar-refractivity contribution in [3.05, 3.63) is 23.8 Å². The molecule has 5 nitrogen and oxygen atoms in total. The molecule has 1 aromatic rings. The van der Waals surface area contributed by atoms with E-state index in [0.717, 1.165) is 31.7 Å². The van der Waals surface area contributed by atoms with Gasteiger partial charge in [0.15, 0.2) is 0 Å². The third-order valence-electron chi connectivity index (χ3n) is 3.71. The first kappa shape index (κ1) is 13.7. The van der Waals surface area contributed by atoms with Crippen LogP contribution in [0.1, 0.15) is 25.5 Å². The van der Waals surface area contributed by atoms with Gasteiger partial charge >= 0.3 is 0 Å². The molecule has 1 heterocycles. The van der Waals surface area contributed by atoms with E-state index in [9.17, 15) is 15.0 Å². The molecule has 0 aromatic heterocycles. The molecule has 0 aliphatic carbocycles. The molecule has 1 saturated heterocycles. The van der Waals surface area contributed by atoms with E-state index >= 15 is 0 Å². The van der Waals surface area contributed by atoms with E-state index in [0.29, 0.717) is 0 Å². The fraction of sp³-hybridized carbons (Fsp3) is 0.500. The Bertz CT molecular complexity index is 448. The Hall–Kier alpha value is -1.75. The Labute approximate surface area is 113 Å². The Balaban J connectivity index is 2.04. The van der Waals surface area contributed by atoms with E-state index in [1.54, 1.807) is 19.1 Å². The summed E-state index contributed by atoms with van der Waals surface area (Å²) in [5.41, 5.74) is 0.883. The number of phenols is 2. The summed E-state index contributed by atoms with van der Waals surface area (Å²) in [7, 11) is 0. The van der Waals surface area contributed by atoms with Crippen molar-refractivity contribution in [1.29, 1.82) is 0 Å². The van der Waals surface area contributed by atoms with Crippen molar-refractivity contribution >= 4 is 5.91 Å². The van der Waals surface area contributed by atoms with Gasteiger partial charge in [-0.2, -0.15) is 0 Å². The van der Waals surface area contributed by atoms with E-state index in [4.69, 9.17) is 0 Å². The molecular formula is C14H20N2O3. The van der Waals surface area contributed by atoms with Crippen molar-refractivity contribution in [2.45, 2.75) is 19.9 Å². The lowest BCUT2D eigenvalue weighted by Gasteiger charge is -2.37. The van der Waals surface area contributed by atoms with Gasteiger partial charge in [0, 0.05) is 45.2 Å². The minimum Gasteiger partial charge on any atom is -0.508 e. The lowest BCUT2D eigenvalue weighted by molar-refractivity contribution is -0.130. The van der Waals surface area contributed by atoms with E-state index < -0.39 is 0 Å². The molecule has 2 rings (SSSR count). The van der Waals surface area contributed by atoms with Crippen LogP contribution in [0.15, 0.2) is 18.2 Å². The Morgan fingerprint density at radius 3 is 2.11 bits per heavy atom. The molecule has 104 valence electrons. The second-order valence-corrected chi connectivity index (χ2v) is 5.00. The zero-order valence-electron chi connectivity index (χ0n) is 11.3. The third kappa shape index (κ3) is 3.17. The van der Waals surface area contributed by atoms with E-state index in [-0.39, 0.29) is 23.4 Å². The van der Waals surface area contributed by atoms with Gasteiger partial charge in [0.05, 0.1) is 0 Å². The number of rotatable bonds is 2. The van der Waals surface area contributed by atoms with Crippen LogP contribution >= 0.6 is 0 Å². The van der Waals surface area contributed by atoms with Crippen LogP contribution in [0.25, 0.3) is 0 Å². The monoisotopic (exact) mass is 264 g/mol. The summed E-state index contributed by atoms with van der Waals surface area (Å²) in [6.45, 7) is 6.69. The number of hydrogen-bond donors (Lipinski definition) is 2. The molecule has 2 N–H and O–H groups in total. The highest BCUT2D eigenvalue weighted by Gasteiger charge is 2.23. The number of carbonyl (C=O) groups excluding carboxylic acids is 1. The smallest absolute Gasteiger partial charge is 0.219 e. The first-order valence-electron chi connectivity index (χ1n) is 6.50. The molecular weight excluding hydrogens is 244 g/mol. The molecule has 1 fully saturated rings. The van der Waals surface area contributed by atoms with Crippen molar-refractivity contribution in [3.8, 4) is 11.5 Å². The highest BCUT2D eigenvalue weighted by atomic mass is 16.3. The molecule has 5 heteroatoms. The maximum Gasteiger partial charge on any atom is 0.219 e. The van der Waals surface area contributed by atoms with Crippen LogP contribution in [0.3, 0.4) is 0 Å². The van der Waals surface area contributed by atoms with Crippen molar-refractivity contribution in [1.82, 2.24) is 9.80 Å². The highest BCUT2D eigenvalue weighted by Crippen LogP contribution is 2.28. The first-order valence-corrected chi connectivity index (χ1v) is 6.50. The van der Waals surface area contributed by atoms with Crippen molar-refractivity contribution in [2.24, 2.45) is 0 Å². The minimum atomic E-state index is 0.0734. The number of hydrogen-bond acceptors (Lipinski definition) is 4. The number of amides is 1. The number of carbonyl (C=O) groups is 1. The predicted molar refractivity (Wildman–Crippen MR) is 72.0 cm³/mol. The maximum atomic E-state index is 11.3. The van der Waals surface area contributed by atoms with Gasteiger partial charge in [-0.3, -0.25) is 9.69 Å². The Kier molecular flexibility index (Phi) is 3.95. The zero-order valence-corrected chi connectivity index (χ0v) is 11.3. The van der Waals surface area contributed by atoms with Gasteiger partial charge in [0.25, 0.3) is 0 Å². The highest BCUT2D eigenvalue weighted by molar-refractivity contribution is 5.73. The molecule has 1 unspecified atom stereocenters.